The summed E-state index contributed by atoms with van der Waals surface area (Å²) in [5.41, 5.74) is 0.245. The molecule has 2 aromatic rings. The molecule has 0 aliphatic rings. The van der Waals surface area contributed by atoms with Crippen LogP contribution in [0.3, 0.4) is 0 Å². The maximum Gasteiger partial charge on any atom is 0.414 e. The van der Waals surface area contributed by atoms with Crippen LogP contribution < -0.4 is 9.47 Å². The zero-order valence-electron chi connectivity index (χ0n) is 19.4. The van der Waals surface area contributed by atoms with Gasteiger partial charge in [0.05, 0.1) is 12.6 Å². The summed E-state index contributed by atoms with van der Waals surface area (Å²) in [6.07, 6.45) is -0.387. The molecule has 7 nitrogen and oxygen atoms in total. The molecule has 32 heavy (non-hydrogen) atoms. The third kappa shape index (κ3) is 7.96. The first-order chi connectivity index (χ1) is 15.0. The highest BCUT2D eigenvalue weighted by molar-refractivity contribution is 6.30. The average molecular weight is 463 g/mol. The molecule has 2 rings (SSSR count). The summed E-state index contributed by atoms with van der Waals surface area (Å²) < 4.78 is 16.7. The smallest absolute Gasteiger partial charge is 0.414 e. The van der Waals surface area contributed by atoms with Crippen LogP contribution in [-0.4, -0.2) is 55.3 Å². The zero-order valence-corrected chi connectivity index (χ0v) is 20.2. The van der Waals surface area contributed by atoms with Crippen molar-refractivity contribution in [1.29, 1.82) is 0 Å². The van der Waals surface area contributed by atoms with Crippen molar-refractivity contribution in [1.82, 2.24) is 9.80 Å². The van der Waals surface area contributed by atoms with E-state index in [-0.39, 0.29) is 6.04 Å². The van der Waals surface area contributed by atoms with Crippen LogP contribution in [0.1, 0.15) is 38.8 Å². The van der Waals surface area contributed by atoms with Crippen LogP contribution in [0.25, 0.3) is 0 Å². The van der Waals surface area contributed by atoms with Crippen molar-refractivity contribution in [3.8, 4) is 11.5 Å². The topological polar surface area (TPSA) is 68.3 Å². The Morgan fingerprint density at radius 3 is 2.19 bits per heavy atom. The van der Waals surface area contributed by atoms with Crippen LogP contribution in [-0.2, 0) is 4.74 Å². The molecule has 0 aliphatic carbocycles. The van der Waals surface area contributed by atoms with Crippen molar-refractivity contribution in [3.05, 3.63) is 59.1 Å². The summed E-state index contributed by atoms with van der Waals surface area (Å²) in [4.78, 5) is 27.4. The summed E-state index contributed by atoms with van der Waals surface area (Å²) in [7, 11) is 4.92. The van der Waals surface area contributed by atoms with E-state index >= 15 is 0 Å². The first-order valence-electron chi connectivity index (χ1n) is 10.3. The van der Waals surface area contributed by atoms with E-state index in [4.69, 9.17) is 25.8 Å². The molecule has 0 N–H and O–H groups in total. The fourth-order valence-corrected chi connectivity index (χ4v) is 3.02. The number of hydrogen-bond donors (Lipinski definition) is 0. The van der Waals surface area contributed by atoms with Gasteiger partial charge in [0.2, 0.25) is 0 Å². The Bertz CT molecular complexity index is 909. The highest BCUT2D eigenvalue weighted by atomic mass is 35.5. The standard InChI is InChI=1S/C24H31ClN2O5/c1-24(2,3)32-23(29)27(6)21(14-15-30-20-9-7-8-18(25)16-20)17-10-12-19(13-11-17)31-22(28)26(4)5/h7-13,16,21H,14-15H2,1-6H3. The third-order valence-electron chi connectivity index (χ3n) is 4.44. The van der Waals surface area contributed by atoms with Crippen LogP contribution in [0.4, 0.5) is 9.59 Å². The lowest BCUT2D eigenvalue weighted by Crippen LogP contribution is -2.37. The Balaban J connectivity index is 2.17. The minimum Gasteiger partial charge on any atom is -0.493 e. The average Bonchev–Trinajstić information content (AvgIpc) is 2.70. The van der Waals surface area contributed by atoms with E-state index in [1.54, 1.807) is 50.3 Å². The molecule has 0 aromatic heterocycles. The van der Waals surface area contributed by atoms with Crippen molar-refractivity contribution in [2.45, 2.75) is 38.8 Å². The van der Waals surface area contributed by atoms with Gasteiger partial charge < -0.3 is 24.0 Å². The first-order valence-corrected chi connectivity index (χ1v) is 10.7. The number of carbonyl (C=O) groups is 2. The predicted octanol–water partition coefficient (Wildman–Crippen LogP) is 5.78. The molecule has 0 saturated carbocycles. The van der Waals surface area contributed by atoms with Crippen LogP contribution >= 0.6 is 11.6 Å². The molecule has 0 saturated heterocycles. The molecule has 2 amide bonds. The molecule has 0 fully saturated rings. The number of rotatable bonds is 7. The second-order valence-electron chi connectivity index (χ2n) is 8.53. The lowest BCUT2D eigenvalue weighted by molar-refractivity contribution is 0.0201. The van der Waals surface area contributed by atoms with Gasteiger partial charge in [-0.2, -0.15) is 0 Å². The largest absolute Gasteiger partial charge is 0.493 e. The van der Waals surface area contributed by atoms with E-state index in [1.165, 1.54) is 4.90 Å². The van der Waals surface area contributed by atoms with E-state index in [2.05, 4.69) is 0 Å². The fraction of sp³-hybridized carbons (Fsp3) is 0.417. The lowest BCUT2D eigenvalue weighted by atomic mass is 10.0. The Labute approximate surface area is 194 Å². The molecule has 174 valence electrons. The van der Waals surface area contributed by atoms with E-state index in [0.717, 1.165) is 5.56 Å². The number of nitrogens with zero attached hydrogens (tertiary/aromatic N) is 2. The Morgan fingerprint density at radius 1 is 0.969 bits per heavy atom. The van der Waals surface area contributed by atoms with Crippen LogP contribution in [0.2, 0.25) is 5.02 Å². The summed E-state index contributed by atoms with van der Waals surface area (Å²) >= 11 is 6.02. The van der Waals surface area contributed by atoms with Gasteiger partial charge in [-0.05, 0) is 56.7 Å². The first kappa shape index (κ1) is 25.3. The van der Waals surface area contributed by atoms with Crippen molar-refractivity contribution in [2.24, 2.45) is 0 Å². The van der Waals surface area contributed by atoms with Crippen molar-refractivity contribution >= 4 is 23.8 Å². The molecule has 0 bridgehead atoms. The zero-order chi connectivity index (χ0) is 23.9. The van der Waals surface area contributed by atoms with E-state index in [0.29, 0.717) is 29.5 Å². The van der Waals surface area contributed by atoms with Crippen LogP contribution in [0.15, 0.2) is 48.5 Å². The monoisotopic (exact) mass is 462 g/mol. The van der Waals surface area contributed by atoms with Crippen LogP contribution in [0, 0.1) is 0 Å². The third-order valence-corrected chi connectivity index (χ3v) is 4.68. The second kappa shape index (κ2) is 11.1. The number of carbonyl (C=O) groups excluding carboxylic acids is 2. The quantitative estimate of drug-likeness (QED) is 0.521. The van der Waals surface area contributed by atoms with Gasteiger partial charge in [0.25, 0.3) is 0 Å². The number of hydrogen-bond acceptors (Lipinski definition) is 5. The number of halogens is 1. The predicted molar refractivity (Wildman–Crippen MR) is 124 cm³/mol. The summed E-state index contributed by atoms with van der Waals surface area (Å²) in [6, 6.07) is 13.9. The molecule has 1 atom stereocenters. The fourth-order valence-electron chi connectivity index (χ4n) is 2.84. The number of amides is 2. The van der Waals surface area contributed by atoms with Gasteiger partial charge in [-0.25, -0.2) is 9.59 Å². The Morgan fingerprint density at radius 2 is 1.62 bits per heavy atom. The summed E-state index contributed by atoms with van der Waals surface area (Å²) in [5.74, 6) is 1.07. The maximum atomic E-state index is 12.7. The van der Waals surface area contributed by atoms with Crippen molar-refractivity contribution < 1.29 is 23.8 Å². The van der Waals surface area contributed by atoms with Gasteiger partial charge in [0.15, 0.2) is 0 Å². The number of ether oxygens (including phenoxy) is 3. The van der Waals surface area contributed by atoms with Gasteiger partial charge in [-0.15, -0.1) is 0 Å². The SMILES string of the molecule is CN(C)C(=O)Oc1ccc(C(CCOc2cccc(Cl)c2)N(C)C(=O)OC(C)(C)C)cc1. The van der Waals surface area contributed by atoms with Gasteiger partial charge in [0, 0.05) is 32.6 Å². The highest BCUT2D eigenvalue weighted by Gasteiger charge is 2.26. The van der Waals surface area contributed by atoms with Crippen molar-refractivity contribution in [3.63, 3.8) is 0 Å². The van der Waals surface area contributed by atoms with Gasteiger partial charge in [-0.1, -0.05) is 29.8 Å². The molecule has 0 radical (unpaired) electrons. The van der Waals surface area contributed by atoms with Gasteiger partial charge in [-0.3, -0.25) is 0 Å². The molecule has 0 aliphatic heterocycles. The highest BCUT2D eigenvalue weighted by Crippen LogP contribution is 2.28. The number of benzene rings is 2. The summed E-state index contributed by atoms with van der Waals surface area (Å²) in [6.45, 7) is 5.83. The minimum absolute atomic E-state index is 0.317. The summed E-state index contributed by atoms with van der Waals surface area (Å²) in [5, 5.41) is 0.591. The lowest BCUT2D eigenvalue weighted by Gasteiger charge is -2.31. The second-order valence-corrected chi connectivity index (χ2v) is 8.97. The maximum absolute atomic E-state index is 12.7. The Hall–Kier alpha value is -2.93. The van der Waals surface area contributed by atoms with Gasteiger partial charge >= 0.3 is 12.2 Å². The Kier molecular flexibility index (Phi) is 8.78. The van der Waals surface area contributed by atoms with E-state index in [9.17, 15) is 9.59 Å². The van der Waals surface area contributed by atoms with E-state index < -0.39 is 17.8 Å². The molecule has 0 heterocycles. The van der Waals surface area contributed by atoms with Crippen LogP contribution in [0.5, 0.6) is 11.5 Å². The molecular formula is C24H31ClN2O5. The molecule has 1 unspecified atom stereocenters. The van der Waals surface area contributed by atoms with Gasteiger partial charge in [0.1, 0.15) is 17.1 Å². The normalized spacial score (nSPS) is 12.0. The minimum atomic E-state index is -0.614. The molecule has 8 heteroatoms. The molecule has 2 aromatic carbocycles. The molecular weight excluding hydrogens is 432 g/mol. The van der Waals surface area contributed by atoms with E-state index in [1.807, 2.05) is 45.0 Å². The molecule has 0 spiro atoms. The van der Waals surface area contributed by atoms with Crippen molar-refractivity contribution in [2.75, 3.05) is 27.7 Å².